The van der Waals surface area contributed by atoms with E-state index in [-0.39, 0.29) is 23.3 Å². The molecule has 2 rings (SSSR count). The molecule has 0 fully saturated rings. The first-order valence-electron chi connectivity index (χ1n) is 7.46. The van der Waals surface area contributed by atoms with Gasteiger partial charge in [0.2, 0.25) is 11.8 Å². The van der Waals surface area contributed by atoms with Crippen molar-refractivity contribution < 1.29 is 18.0 Å². The fourth-order valence-electron chi connectivity index (χ4n) is 2.16. The van der Waals surface area contributed by atoms with Crippen molar-refractivity contribution in [3.63, 3.8) is 0 Å². The second-order valence-corrected chi connectivity index (χ2v) is 7.41. The van der Waals surface area contributed by atoms with Crippen LogP contribution in [-0.2, 0) is 19.4 Å². The van der Waals surface area contributed by atoms with Gasteiger partial charge in [-0.1, -0.05) is 12.1 Å². The summed E-state index contributed by atoms with van der Waals surface area (Å²) in [7, 11) is -3.38. The van der Waals surface area contributed by atoms with E-state index in [0.717, 1.165) is 6.26 Å². The number of nitrogens with one attached hydrogen (secondary N) is 3. The summed E-state index contributed by atoms with van der Waals surface area (Å²) in [5.74, 6) is -0.499. The van der Waals surface area contributed by atoms with Gasteiger partial charge in [0.05, 0.1) is 17.1 Å². The molecule has 0 aliphatic carbocycles. The smallest absolute Gasteiger partial charge is 0.243 e. The van der Waals surface area contributed by atoms with E-state index < -0.39 is 9.84 Å². The van der Waals surface area contributed by atoms with Crippen molar-refractivity contribution in [2.24, 2.45) is 0 Å². The van der Waals surface area contributed by atoms with Crippen LogP contribution in [0.4, 0.5) is 17.1 Å². The topological polar surface area (TPSA) is 104 Å². The van der Waals surface area contributed by atoms with E-state index in [0.29, 0.717) is 17.1 Å². The van der Waals surface area contributed by atoms with E-state index in [9.17, 15) is 18.0 Å². The molecular formula is C17H19N3O4S. The quantitative estimate of drug-likeness (QED) is 0.731. The van der Waals surface area contributed by atoms with Gasteiger partial charge in [0, 0.05) is 24.6 Å². The molecule has 3 N–H and O–H groups in total. The highest BCUT2D eigenvalue weighted by atomic mass is 32.2. The van der Waals surface area contributed by atoms with Crippen LogP contribution in [0.2, 0.25) is 0 Å². The molecule has 0 spiro atoms. The summed E-state index contributed by atoms with van der Waals surface area (Å²) < 4.78 is 23.5. The molecule has 2 aromatic carbocycles. The molecule has 0 unspecified atom stereocenters. The molecule has 0 saturated heterocycles. The van der Waals surface area contributed by atoms with Gasteiger partial charge in [0.1, 0.15) is 0 Å². The second-order valence-electron chi connectivity index (χ2n) is 5.43. The molecule has 0 atom stereocenters. The summed E-state index contributed by atoms with van der Waals surface area (Å²) in [6.07, 6.45) is 1.12. The van der Waals surface area contributed by atoms with Crippen LogP contribution in [0.1, 0.15) is 6.92 Å². The van der Waals surface area contributed by atoms with Crippen LogP contribution < -0.4 is 16.0 Å². The second kappa shape index (κ2) is 7.80. The minimum Gasteiger partial charge on any atom is -0.375 e. The molecule has 2 amide bonds. The Morgan fingerprint density at radius 1 is 0.920 bits per heavy atom. The van der Waals surface area contributed by atoms with Gasteiger partial charge >= 0.3 is 0 Å². The molecule has 0 saturated carbocycles. The van der Waals surface area contributed by atoms with E-state index in [1.165, 1.54) is 13.0 Å². The lowest BCUT2D eigenvalue weighted by molar-refractivity contribution is -0.115. The molecule has 0 heterocycles. The van der Waals surface area contributed by atoms with Crippen LogP contribution in [0, 0.1) is 0 Å². The van der Waals surface area contributed by atoms with Gasteiger partial charge in [-0.3, -0.25) is 9.59 Å². The summed E-state index contributed by atoms with van der Waals surface area (Å²) in [5.41, 5.74) is 1.57. The average Bonchev–Trinajstić information content (AvgIpc) is 2.54. The van der Waals surface area contributed by atoms with E-state index in [4.69, 9.17) is 0 Å². The standard InChI is InChI=1S/C17H19N3O4S/c1-12(21)19-13-7-9-14(10-8-13)20-17(22)11-18-15-5-3-4-6-16(15)25(2,23)24/h3-10,18H,11H2,1-2H3,(H,19,21)(H,20,22). The number of carbonyl (C=O) groups excluding carboxylic acids is 2. The SMILES string of the molecule is CC(=O)Nc1ccc(NC(=O)CNc2ccccc2S(C)(=O)=O)cc1. The Kier molecular flexibility index (Phi) is 5.76. The van der Waals surface area contributed by atoms with Crippen LogP contribution in [-0.4, -0.2) is 33.0 Å². The van der Waals surface area contributed by atoms with E-state index >= 15 is 0 Å². The number of benzene rings is 2. The Hall–Kier alpha value is -2.87. The van der Waals surface area contributed by atoms with Gasteiger partial charge in [0.15, 0.2) is 9.84 Å². The number of rotatable bonds is 6. The number of anilines is 3. The third-order valence-corrected chi connectivity index (χ3v) is 4.37. The van der Waals surface area contributed by atoms with Crippen molar-refractivity contribution in [3.05, 3.63) is 48.5 Å². The largest absolute Gasteiger partial charge is 0.375 e. The molecule has 0 aliphatic heterocycles. The van der Waals surface area contributed by atoms with Crippen molar-refractivity contribution >= 4 is 38.7 Å². The maximum Gasteiger partial charge on any atom is 0.243 e. The van der Waals surface area contributed by atoms with E-state index in [1.807, 2.05) is 0 Å². The molecule has 7 nitrogen and oxygen atoms in total. The first-order valence-corrected chi connectivity index (χ1v) is 9.35. The Balaban J connectivity index is 1.97. The van der Waals surface area contributed by atoms with Gasteiger partial charge in [-0.15, -0.1) is 0 Å². The molecule has 25 heavy (non-hydrogen) atoms. The Labute approximate surface area is 146 Å². The normalized spacial score (nSPS) is 10.8. The van der Waals surface area contributed by atoms with Crippen LogP contribution in [0.3, 0.4) is 0 Å². The first-order chi connectivity index (χ1) is 11.8. The number of hydrogen-bond acceptors (Lipinski definition) is 5. The van der Waals surface area contributed by atoms with E-state index in [1.54, 1.807) is 42.5 Å². The summed E-state index contributed by atoms with van der Waals surface area (Å²) in [6, 6.07) is 13.1. The highest BCUT2D eigenvalue weighted by Crippen LogP contribution is 2.20. The van der Waals surface area contributed by atoms with Crippen LogP contribution in [0.25, 0.3) is 0 Å². The highest BCUT2D eigenvalue weighted by molar-refractivity contribution is 7.90. The van der Waals surface area contributed by atoms with Crippen LogP contribution in [0.5, 0.6) is 0 Å². The number of para-hydroxylation sites is 1. The Bertz CT molecular complexity index is 877. The fraction of sp³-hybridized carbons (Fsp3) is 0.176. The molecule has 132 valence electrons. The van der Waals surface area contributed by atoms with Crippen molar-refractivity contribution in [2.45, 2.75) is 11.8 Å². The Morgan fingerprint density at radius 2 is 1.48 bits per heavy atom. The van der Waals surface area contributed by atoms with E-state index in [2.05, 4.69) is 16.0 Å². The molecule has 0 aromatic heterocycles. The molecule has 0 radical (unpaired) electrons. The molecule has 0 bridgehead atoms. The Morgan fingerprint density at radius 3 is 2.04 bits per heavy atom. The van der Waals surface area contributed by atoms with Gasteiger partial charge in [-0.2, -0.15) is 0 Å². The zero-order valence-electron chi connectivity index (χ0n) is 13.9. The summed E-state index contributed by atoms with van der Waals surface area (Å²) in [6.45, 7) is 1.33. The van der Waals surface area contributed by atoms with Crippen LogP contribution in [0.15, 0.2) is 53.4 Å². The van der Waals surface area contributed by atoms with Crippen molar-refractivity contribution in [3.8, 4) is 0 Å². The van der Waals surface area contributed by atoms with Crippen molar-refractivity contribution in [1.82, 2.24) is 0 Å². The lowest BCUT2D eigenvalue weighted by Gasteiger charge is -2.11. The molecule has 8 heteroatoms. The molecular weight excluding hydrogens is 342 g/mol. The monoisotopic (exact) mass is 361 g/mol. The molecule has 2 aromatic rings. The third-order valence-electron chi connectivity index (χ3n) is 3.21. The zero-order valence-corrected chi connectivity index (χ0v) is 14.7. The molecule has 0 aliphatic rings. The fourth-order valence-corrected chi connectivity index (χ4v) is 3.02. The van der Waals surface area contributed by atoms with Crippen LogP contribution >= 0.6 is 0 Å². The highest BCUT2D eigenvalue weighted by Gasteiger charge is 2.13. The van der Waals surface area contributed by atoms with Gasteiger partial charge in [-0.25, -0.2) is 8.42 Å². The maximum atomic E-state index is 12.0. The number of hydrogen-bond donors (Lipinski definition) is 3. The lowest BCUT2D eigenvalue weighted by Crippen LogP contribution is -2.22. The number of carbonyl (C=O) groups is 2. The lowest BCUT2D eigenvalue weighted by atomic mass is 10.2. The minimum absolute atomic E-state index is 0.0834. The number of amides is 2. The summed E-state index contributed by atoms with van der Waals surface area (Å²) in [5, 5.41) is 8.15. The van der Waals surface area contributed by atoms with Crippen molar-refractivity contribution in [1.29, 1.82) is 0 Å². The van der Waals surface area contributed by atoms with Gasteiger partial charge in [0.25, 0.3) is 0 Å². The van der Waals surface area contributed by atoms with Crippen molar-refractivity contribution in [2.75, 3.05) is 28.8 Å². The predicted octanol–water partition coefficient (Wildman–Crippen LogP) is 2.10. The average molecular weight is 361 g/mol. The first kappa shape index (κ1) is 18.5. The third kappa shape index (κ3) is 5.61. The number of sulfone groups is 1. The summed E-state index contributed by atoms with van der Waals surface area (Å²) >= 11 is 0. The van der Waals surface area contributed by atoms with Gasteiger partial charge in [-0.05, 0) is 36.4 Å². The predicted molar refractivity (Wildman–Crippen MR) is 97.4 cm³/mol. The van der Waals surface area contributed by atoms with Gasteiger partial charge < -0.3 is 16.0 Å². The minimum atomic E-state index is -3.38. The summed E-state index contributed by atoms with van der Waals surface area (Å²) in [4.78, 5) is 23.1. The zero-order chi connectivity index (χ0) is 18.4. The maximum absolute atomic E-state index is 12.0.